The van der Waals surface area contributed by atoms with E-state index >= 15 is 0 Å². The van der Waals surface area contributed by atoms with Gasteiger partial charge in [-0.05, 0) is 38.2 Å². The molecule has 1 aliphatic rings. The van der Waals surface area contributed by atoms with Crippen LogP contribution in [0.5, 0.6) is 5.75 Å². The molecule has 3 nitrogen and oxygen atoms in total. The van der Waals surface area contributed by atoms with Crippen LogP contribution in [0.2, 0.25) is 0 Å². The molecule has 0 saturated carbocycles. The quantitative estimate of drug-likeness (QED) is 0.872. The van der Waals surface area contributed by atoms with E-state index in [0.29, 0.717) is 6.10 Å². The lowest BCUT2D eigenvalue weighted by Crippen LogP contribution is -2.21. The van der Waals surface area contributed by atoms with E-state index in [4.69, 9.17) is 15.2 Å². The number of para-hydroxylation sites is 1. The van der Waals surface area contributed by atoms with E-state index in [2.05, 4.69) is 0 Å². The van der Waals surface area contributed by atoms with Crippen LogP contribution >= 0.6 is 0 Å². The summed E-state index contributed by atoms with van der Waals surface area (Å²) < 4.78 is 11.1. The van der Waals surface area contributed by atoms with Gasteiger partial charge in [0.15, 0.2) is 0 Å². The maximum Gasteiger partial charge on any atom is 0.123 e. The number of hydrogen-bond donors (Lipinski definition) is 1. The average molecular weight is 249 g/mol. The van der Waals surface area contributed by atoms with Crippen LogP contribution in [0, 0.1) is 0 Å². The van der Waals surface area contributed by atoms with Crippen molar-refractivity contribution < 1.29 is 9.47 Å². The number of benzene rings is 1. The van der Waals surface area contributed by atoms with Crippen LogP contribution in [0.15, 0.2) is 24.3 Å². The molecule has 1 heterocycles. The van der Waals surface area contributed by atoms with Crippen LogP contribution in [-0.4, -0.2) is 19.8 Å². The highest BCUT2D eigenvalue weighted by Crippen LogP contribution is 2.28. The molecule has 1 aliphatic heterocycles. The van der Waals surface area contributed by atoms with E-state index in [1.807, 2.05) is 24.3 Å². The summed E-state index contributed by atoms with van der Waals surface area (Å²) in [6, 6.07) is 8.03. The van der Waals surface area contributed by atoms with Gasteiger partial charge in [0, 0.05) is 18.2 Å². The van der Waals surface area contributed by atoms with Gasteiger partial charge in [-0.15, -0.1) is 0 Å². The van der Waals surface area contributed by atoms with Gasteiger partial charge in [-0.25, -0.2) is 0 Å². The first-order chi connectivity index (χ1) is 8.81. The number of methoxy groups -OCH3 is 1. The fourth-order valence-corrected chi connectivity index (χ4v) is 2.53. The van der Waals surface area contributed by atoms with Gasteiger partial charge in [0.2, 0.25) is 0 Å². The Labute approximate surface area is 109 Å². The fraction of sp³-hybridized carbons (Fsp3) is 0.600. The SMILES string of the molecule is COc1ccccc1C(N)CCC1CCCCO1. The van der Waals surface area contributed by atoms with Gasteiger partial charge in [0.1, 0.15) is 5.75 Å². The van der Waals surface area contributed by atoms with E-state index in [9.17, 15) is 0 Å². The second-order valence-corrected chi connectivity index (χ2v) is 4.91. The summed E-state index contributed by atoms with van der Waals surface area (Å²) in [5.74, 6) is 0.884. The largest absolute Gasteiger partial charge is 0.496 e. The molecule has 1 aromatic carbocycles. The van der Waals surface area contributed by atoms with Gasteiger partial charge in [0.05, 0.1) is 13.2 Å². The lowest BCUT2D eigenvalue weighted by molar-refractivity contribution is 0.00909. The summed E-state index contributed by atoms with van der Waals surface area (Å²) in [7, 11) is 1.69. The molecular weight excluding hydrogens is 226 g/mol. The van der Waals surface area contributed by atoms with Gasteiger partial charge in [-0.1, -0.05) is 18.2 Å². The van der Waals surface area contributed by atoms with Gasteiger partial charge in [-0.2, -0.15) is 0 Å². The standard InChI is InChI=1S/C15H23NO2/c1-17-15-8-3-2-7-13(15)14(16)10-9-12-6-4-5-11-18-12/h2-3,7-8,12,14H,4-6,9-11,16H2,1H3. The summed E-state index contributed by atoms with van der Waals surface area (Å²) in [6.07, 6.45) is 6.06. The van der Waals surface area contributed by atoms with Crippen molar-refractivity contribution in [3.05, 3.63) is 29.8 Å². The Morgan fingerprint density at radius 1 is 1.39 bits per heavy atom. The number of rotatable bonds is 5. The topological polar surface area (TPSA) is 44.5 Å². The van der Waals surface area contributed by atoms with Gasteiger partial charge in [0.25, 0.3) is 0 Å². The van der Waals surface area contributed by atoms with E-state index in [0.717, 1.165) is 30.8 Å². The second kappa shape index (κ2) is 6.76. The third-order valence-corrected chi connectivity index (χ3v) is 3.61. The predicted molar refractivity (Wildman–Crippen MR) is 72.7 cm³/mol. The molecule has 0 aliphatic carbocycles. The normalized spacial score (nSPS) is 21.6. The van der Waals surface area contributed by atoms with E-state index in [1.165, 1.54) is 19.3 Å². The van der Waals surface area contributed by atoms with Crippen molar-refractivity contribution in [3.63, 3.8) is 0 Å². The first-order valence-electron chi connectivity index (χ1n) is 6.81. The third kappa shape index (κ3) is 3.47. The van der Waals surface area contributed by atoms with Gasteiger partial charge in [-0.3, -0.25) is 0 Å². The second-order valence-electron chi connectivity index (χ2n) is 4.91. The lowest BCUT2D eigenvalue weighted by Gasteiger charge is -2.24. The summed E-state index contributed by atoms with van der Waals surface area (Å²) in [4.78, 5) is 0. The number of nitrogens with two attached hydrogens (primary N) is 1. The first-order valence-corrected chi connectivity index (χ1v) is 6.81. The molecule has 0 radical (unpaired) electrons. The zero-order valence-electron chi connectivity index (χ0n) is 11.1. The molecule has 18 heavy (non-hydrogen) atoms. The summed E-state index contributed by atoms with van der Waals surface area (Å²) in [6.45, 7) is 0.911. The summed E-state index contributed by atoms with van der Waals surface area (Å²) in [5.41, 5.74) is 7.35. The minimum absolute atomic E-state index is 0.0340. The molecule has 0 spiro atoms. The molecule has 100 valence electrons. The summed E-state index contributed by atoms with van der Waals surface area (Å²) >= 11 is 0. The third-order valence-electron chi connectivity index (χ3n) is 3.61. The van der Waals surface area contributed by atoms with E-state index < -0.39 is 0 Å². The van der Waals surface area contributed by atoms with Crippen molar-refractivity contribution >= 4 is 0 Å². The smallest absolute Gasteiger partial charge is 0.123 e. The maximum atomic E-state index is 6.25. The minimum atomic E-state index is 0.0340. The van der Waals surface area contributed by atoms with Crippen LogP contribution in [0.1, 0.15) is 43.7 Å². The Hall–Kier alpha value is -1.06. The van der Waals surface area contributed by atoms with Crippen LogP contribution in [0.4, 0.5) is 0 Å². The fourth-order valence-electron chi connectivity index (χ4n) is 2.53. The lowest BCUT2D eigenvalue weighted by atomic mass is 9.97. The Morgan fingerprint density at radius 2 is 2.22 bits per heavy atom. The molecule has 3 heteroatoms. The van der Waals surface area contributed by atoms with Gasteiger partial charge >= 0.3 is 0 Å². The zero-order chi connectivity index (χ0) is 12.8. The monoisotopic (exact) mass is 249 g/mol. The van der Waals surface area contributed by atoms with Crippen molar-refractivity contribution in [2.75, 3.05) is 13.7 Å². The predicted octanol–water partition coefficient (Wildman–Crippen LogP) is 3.04. The molecule has 0 amide bonds. The molecule has 0 aromatic heterocycles. The number of hydrogen-bond acceptors (Lipinski definition) is 3. The highest BCUT2D eigenvalue weighted by molar-refractivity contribution is 5.35. The summed E-state index contributed by atoms with van der Waals surface area (Å²) in [5, 5.41) is 0. The Balaban J connectivity index is 1.88. The molecule has 2 rings (SSSR count). The molecule has 1 saturated heterocycles. The highest BCUT2D eigenvalue weighted by Gasteiger charge is 2.17. The van der Waals surface area contributed by atoms with Crippen molar-refractivity contribution in [1.29, 1.82) is 0 Å². The molecule has 2 N–H and O–H groups in total. The molecular formula is C15H23NO2. The highest BCUT2D eigenvalue weighted by atomic mass is 16.5. The van der Waals surface area contributed by atoms with Crippen molar-refractivity contribution in [1.82, 2.24) is 0 Å². The molecule has 1 fully saturated rings. The maximum absolute atomic E-state index is 6.25. The molecule has 2 unspecified atom stereocenters. The Bertz CT molecular complexity index is 361. The Kier molecular flexibility index (Phi) is 5.02. The van der Waals surface area contributed by atoms with Crippen molar-refractivity contribution in [2.45, 2.75) is 44.2 Å². The molecule has 2 atom stereocenters. The van der Waals surface area contributed by atoms with Crippen molar-refractivity contribution in [2.24, 2.45) is 5.73 Å². The minimum Gasteiger partial charge on any atom is -0.496 e. The van der Waals surface area contributed by atoms with E-state index in [-0.39, 0.29) is 6.04 Å². The van der Waals surface area contributed by atoms with Crippen LogP contribution in [-0.2, 0) is 4.74 Å². The van der Waals surface area contributed by atoms with Crippen LogP contribution in [0.25, 0.3) is 0 Å². The zero-order valence-corrected chi connectivity index (χ0v) is 11.1. The molecule has 0 bridgehead atoms. The first kappa shape index (κ1) is 13.4. The average Bonchev–Trinajstić information content (AvgIpc) is 2.45. The van der Waals surface area contributed by atoms with Crippen molar-refractivity contribution in [3.8, 4) is 5.75 Å². The molecule has 1 aromatic rings. The Morgan fingerprint density at radius 3 is 2.94 bits per heavy atom. The van der Waals surface area contributed by atoms with Crippen LogP contribution in [0.3, 0.4) is 0 Å². The van der Waals surface area contributed by atoms with Gasteiger partial charge < -0.3 is 15.2 Å². The van der Waals surface area contributed by atoms with Crippen LogP contribution < -0.4 is 10.5 Å². The van der Waals surface area contributed by atoms with E-state index in [1.54, 1.807) is 7.11 Å². The number of ether oxygens (including phenoxy) is 2.